The van der Waals surface area contributed by atoms with Crippen LogP contribution in [0.15, 0.2) is 24.3 Å². The number of aryl methyl sites for hydroxylation is 2. The van der Waals surface area contributed by atoms with Crippen molar-refractivity contribution in [1.82, 2.24) is 0 Å². The van der Waals surface area contributed by atoms with Gasteiger partial charge in [0.2, 0.25) is 0 Å². The van der Waals surface area contributed by atoms with Crippen LogP contribution in [0, 0.1) is 0 Å². The van der Waals surface area contributed by atoms with Gasteiger partial charge in [0.1, 0.15) is 0 Å². The van der Waals surface area contributed by atoms with Crippen LogP contribution >= 0.6 is 0 Å². The minimum absolute atomic E-state index is 1.28. The van der Waals surface area contributed by atoms with Crippen LogP contribution < -0.4 is 0 Å². The Morgan fingerprint density at radius 1 is 0.188 bits per heavy atom. The number of rotatable bonds is 56. The molecule has 0 atom stereocenters. The van der Waals surface area contributed by atoms with Gasteiger partial charge in [-0.2, -0.15) is 0 Å². The molecule has 0 aromatic heterocycles. The average molecular weight is 892 g/mol. The molecule has 0 bridgehead atoms. The lowest BCUT2D eigenvalue weighted by atomic mass is 9.99. The van der Waals surface area contributed by atoms with Gasteiger partial charge in [-0.25, -0.2) is 0 Å². The van der Waals surface area contributed by atoms with Crippen molar-refractivity contribution >= 4 is 0 Å². The van der Waals surface area contributed by atoms with Crippen LogP contribution in [0.4, 0.5) is 0 Å². The Labute approximate surface area is 407 Å². The summed E-state index contributed by atoms with van der Waals surface area (Å²) in [5, 5.41) is 0. The first-order chi connectivity index (χ1) is 31.9. The van der Waals surface area contributed by atoms with E-state index in [0.717, 1.165) is 0 Å². The molecule has 0 heteroatoms. The molecule has 0 radical (unpaired) electrons. The highest BCUT2D eigenvalue weighted by Gasteiger charge is 2.01. The van der Waals surface area contributed by atoms with Crippen LogP contribution in [0.3, 0.4) is 0 Å². The Morgan fingerprint density at radius 2 is 0.328 bits per heavy atom. The lowest BCUT2D eigenvalue weighted by Gasteiger charge is -2.07. The third-order valence-corrected chi connectivity index (χ3v) is 15.1. The van der Waals surface area contributed by atoms with Gasteiger partial charge in [-0.1, -0.05) is 372 Å². The Morgan fingerprint density at radius 3 is 0.484 bits per heavy atom. The van der Waals surface area contributed by atoms with E-state index in [1.54, 1.807) is 11.1 Å². The van der Waals surface area contributed by atoms with Crippen LogP contribution in [0.25, 0.3) is 0 Å². The first kappa shape index (κ1) is 61.2. The van der Waals surface area contributed by atoms with E-state index in [9.17, 15) is 0 Å². The first-order valence-electron chi connectivity index (χ1n) is 30.9. The van der Waals surface area contributed by atoms with Crippen molar-refractivity contribution < 1.29 is 0 Å². The molecule has 0 amide bonds. The predicted molar refractivity (Wildman–Crippen MR) is 295 cm³/mol. The van der Waals surface area contributed by atoms with Crippen molar-refractivity contribution in [2.75, 3.05) is 0 Å². The molecule has 378 valence electrons. The van der Waals surface area contributed by atoms with Crippen LogP contribution in [0.5, 0.6) is 0 Å². The molecule has 64 heavy (non-hydrogen) atoms. The van der Waals surface area contributed by atoms with Crippen LogP contribution in [-0.4, -0.2) is 0 Å². The van der Waals surface area contributed by atoms with Crippen LogP contribution in [0.1, 0.15) is 372 Å². The summed E-state index contributed by atoms with van der Waals surface area (Å²) in [6, 6.07) is 9.62. The largest absolute Gasteiger partial charge is 0.0654 e. The zero-order valence-electron chi connectivity index (χ0n) is 44.9. The molecular weight excluding hydrogens is 769 g/mol. The molecule has 0 unspecified atom stereocenters. The molecule has 0 aliphatic carbocycles. The number of hydrogen-bond acceptors (Lipinski definition) is 0. The molecule has 0 fully saturated rings. The lowest BCUT2D eigenvalue weighted by Crippen LogP contribution is -1.91. The van der Waals surface area contributed by atoms with E-state index in [4.69, 9.17) is 0 Å². The summed E-state index contributed by atoms with van der Waals surface area (Å²) in [4.78, 5) is 0. The summed E-state index contributed by atoms with van der Waals surface area (Å²) < 4.78 is 0. The molecular formula is C64H122. The molecule has 0 saturated carbocycles. The van der Waals surface area contributed by atoms with Crippen LogP contribution in [0.2, 0.25) is 0 Å². The smallest absolute Gasteiger partial charge is 0.0279 e. The molecule has 0 aliphatic heterocycles. The van der Waals surface area contributed by atoms with Gasteiger partial charge in [0.15, 0.2) is 0 Å². The molecule has 0 saturated heterocycles. The zero-order valence-corrected chi connectivity index (χ0v) is 44.9. The summed E-state index contributed by atoms with van der Waals surface area (Å²) in [7, 11) is 0. The van der Waals surface area contributed by atoms with Gasteiger partial charge < -0.3 is 0 Å². The second-order valence-corrected chi connectivity index (χ2v) is 21.7. The minimum Gasteiger partial charge on any atom is -0.0654 e. The van der Waals surface area contributed by atoms with Gasteiger partial charge in [0, 0.05) is 0 Å². The van der Waals surface area contributed by atoms with Crippen molar-refractivity contribution in [1.29, 1.82) is 0 Å². The van der Waals surface area contributed by atoms with E-state index in [0.29, 0.717) is 0 Å². The summed E-state index contributed by atoms with van der Waals surface area (Å²) >= 11 is 0. The highest BCUT2D eigenvalue weighted by atomic mass is 14.1. The average Bonchev–Trinajstić information content (AvgIpc) is 3.31. The number of benzene rings is 1. The van der Waals surface area contributed by atoms with Crippen molar-refractivity contribution in [3.63, 3.8) is 0 Å². The molecule has 1 aromatic rings. The van der Waals surface area contributed by atoms with Gasteiger partial charge in [0.05, 0.1) is 0 Å². The van der Waals surface area contributed by atoms with E-state index >= 15 is 0 Å². The lowest BCUT2D eigenvalue weighted by molar-refractivity contribution is 0.514. The standard InChI is InChI=1S/C64H122/c1-3-5-7-9-11-13-15-17-19-21-23-25-27-29-31-33-35-37-39-41-43-45-47-49-51-53-55-58-63-60-57-61-64(62-63)59-56-54-52-50-48-46-44-42-40-38-36-34-32-30-28-26-24-22-20-18-16-14-12-10-8-6-4-2/h57,60-62H,3-56,58-59H2,1-2H3. The molecule has 0 heterocycles. The van der Waals surface area contributed by atoms with Crippen molar-refractivity contribution in [2.45, 2.75) is 373 Å². The normalized spacial score (nSPS) is 11.7. The highest BCUT2D eigenvalue weighted by molar-refractivity contribution is 5.23. The Hall–Kier alpha value is -0.780. The molecule has 0 aliphatic rings. The van der Waals surface area contributed by atoms with E-state index in [2.05, 4.69) is 38.1 Å². The topological polar surface area (TPSA) is 0 Å². The van der Waals surface area contributed by atoms with Gasteiger partial charge in [-0.15, -0.1) is 0 Å². The van der Waals surface area contributed by atoms with Gasteiger partial charge in [-0.05, 0) is 36.8 Å². The summed E-state index contributed by atoms with van der Waals surface area (Å²) in [5.74, 6) is 0. The molecule has 1 aromatic carbocycles. The maximum Gasteiger partial charge on any atom is -0.0279 e. The third-order valence-electron chi connectivity index (χ3n) is 15.1. The number of unbranched alkanes of at least 4 members (excludes halogenated alkanes) is 52. The Bertz CT molecular complexity index is 887. The maximum absolute atomic E-state index is 2.53. The van der Waals surface area contributed by atoms with Gasteiger partial charge >= 0.3 is 0 Å². The SMILES string of the molecule is CCCCCCCCCCCCCCCCCCCCCCCCCCCCCc1cccc(CCCCCCCCCCCCCCCCCCCCCCCCCCCCC)c1. The molecule has 0 nitrogen and oxygen atoms in total. The van der Waals surface area contributed by atoms with Gasteiger partial charge in [-0.3, -0.25) is 0 Å². The van der Waals surface area contributed by atoms with Crippen molar-refractivity contribution in [3.05, 3.63) is 35.4 Å². The predicted octanol–water partition coefficient (Wildman–Crippen LogP) is 23.9. The van der Waals surface area contributed by atoms with E-state index < -0.39 is 0 Å². The minimum atomic E-state index is 1.28. The Balaban J connectivity index is 1.74. The maximum atomic E-state index is 2.53. The summed E-state index contributed by atoms with van der Waals surface area (Å²) in [6.07, 6.45) is 81.9. The van der Waals surface area contributed by atoms with E-state index in [1.807, 2.05) is 0 Å². The monoisotopic (exact) mass is 891 g/mol. The fraction of sp³-hybridized carbons (Fsp3) is 0.906. The quantitative estimate of drug-likeness (QED) is 0.0572. The summed E-state index contributed by atoms with van der Waals surface area (Å²) in [6.45, 7) is 4.63. The van der Waals surface area contributed by atoms with Crippen molar-refractivity contribution in [2.24, 2.45) is 0 Å². The highest BCUT2D eigenvalue weighted by Crippen LogP contribution is 2.20. The van der Waals surface area contributed by atoms with Gasteiger partial charge in [0.25, 0.3) is 0 Å². The second-order valence-electron chi connectivity index (χ2n) is 21.7. The zero-order chi connectivity index (χ0) is 45.6. The van der Waals surface area contributed by atoms with Crippen LogP contribution in [-0.2, 0) is 12.8 Å². The third kappa shape index (κ3) is 49.1. The van der Waals surface area contributed by atoms with Crippen molar-refractivity contribution in [3.8, 4) is 0 Å². The fourth-order valence-electron chi connectivity index (χ4n) is 10.6. The van der Waals surface area contributed by atoms with E-state index in [-0.39, 0.29) is 0 Å². The summed E-state index contributed by atoms with van der Waals surface area (Å²) in [5.41, 5.74) is 3.17. The fourth-order valence-corrected chi connectivity index (χ4v) is 10.6. The Kier molecular flexibility index (Phi) is 52.5. The molecule has 0 N–H and O–H groups in total. The molecule has 0 spiro atoms. The van der Waals surface area contributed by atoms with E-state index in [1.165, 1.54) is 360 Å². The number of hydrogen-bond donors (Lipinski definition) is 0. The molecule has 1 rings (SSSR count). The second kappa shape index (κ2) is 54.8. The first-order valence-corrected chi connectivity index (χ1v) is 30.9.